The van der Waals surface area contributed by atoms with Crippen LogP contribution in [-0.4, -0.2) is 4.98 Å². The van der Waals surface area contributed by atoms with Gasteiger partial charge in [0.15, 0.2) is 0 Å². The maximum absolute atomic E-state index is 5.84. The minimum Gasteiger partial charge on any atom is -0.397 e. The lowest BCUT2D eigenvalue weighted by atomic mass is 9.78. The highest BCUT2D eigenvalue weighted by molar-refractivity contribution is 5.66. The highest BCUT2D eigenvalue weighted by Crippen LogP contribution is 2.40. The monoisotopic (exact) mass is 238 g/mol. The normalized spacial score (nSPS) is 15.4. The Hall–Kier alpha value is -1.83. The number of aryl methyl sites for hydroxylation is 1. The summed E-state index contributed by atoms with van der Waals surface area (Å²) in [7, 11) is 0. The third kappa shape index (κ3) is 1.88. The van der Waals surface area contributed by atoms with Crippen molar-refractivity contribution in [3.05, 3.63) is 47.7 Å². The number of anilines is 1. The summed E-state index contributed by atoms with van der Waals surface area (Å²) >= 11 is 0. The maximum atomic E-state index is 5.84. The Kier molecular flexibility index (Phi) is 2.78. The van der Waals surface area contributed by atoms with E-state index in [9.17, 15) is 0 Å². The van der Waals surface area contributed by atoms with Gasteiger partial charge < -0.3 is 5.73 Å². The zero-order valence-corrected chi connectivity index (χ0v) is 10.7. The van der Waals surface area contributed by atoms with Gasteiger partial charge in [-0.1, -0.05) is 30.7 Å². The molecule has 2 heteroatoms. The Morgan fingerprint density at radius 1 is 1.11 bits per heavy atom. The van der Waals surface area contributed by atoms with E-state index in [1.165, 1.54) is 30.4 Å². The van der Waals surface area contributed by atoms with E-state index in [0.29, 0.717) is 0 Å². The van der Waals surface area contributed by atoms with Crippen LogP contribution in [0.2, 0.25) is 0 Å². The zero-order valence-electron chi connectivity index (χ0n) is 10.7. The van der Waals surface area contributed by atoms with Gasteiger partial charge in [-0.25, -0.2) is 0 Å². The first-order valence-corrected chi connectivity index (χ1v) is 6.58. The summed E-state index contributed by atoms with van der Waals surface area (Å²) in [4.78, 5) is 4.62. The fraction of sp³-hybridized carbons (Fsp3) is 0.312. The van der Waals surface area contributed by atoms with Gasteiger partial charge in [-0.15, -0.1) is 0 Å². The fourth-order valence-electron chi connectivity index (χ4n) is 2.53. The van der Waals surface area contributed by atoms with Gasteiger partial charge in [-0.2, -0.15) is 0 Å². The molecular formula is C16H18N2. The van der Waals surface area contributed by atoms with E-state index in [-0.39, 0.29) is 0 Å². The quantitative estimate of drug-likeness (QED) is 0.861. The first kappa shape index (κ1) is 11.3. The molecule has 0 saturated heterocycles. The first-order chi connectivity index (χ1) is 8.75. The third-order valence-electron chi connectivity index (χ3n) is 3.91. The van der Waals surface area contributed by atoms with Crippen LogP contribution in [0.3, 0.4) is 0 Å². The predicted molar refractivity (Wildman–Crippen MR) is 75.4 cm³/mol. The molecule has 1 saturated carbocycles. The standard InChI is InChI=1S/C16H18N2/c1-11-15(17)9-10-16(18-11)14-8-3-2-7-13(14)12-5-4-6-12/h2-3,7-10,12H,4-6,17H2,1H3. The van der Waals surface area contributed by atoms with Crippen molar-refractivity contribution in [2.45, 2.75) is 32.1 Å². The van der Waals surface area contributed by atoms with E-state index in [0.717, 1.165) is 23.0 Å². The molecule has 2 N–H and O–H groups in total. The van der Waals surface area contributed by atoms with E-state index < -0.39 is 0 Å². The molecule has 18 heavy (non-hydrogen) atoms. The number of hydrogen-bond acceptors (Lipinski definition) is 2. The molecule has 1 aliphatic carbocycles. The first-order valence-electron chi connectivity index (χ1n) is 6.58. The van der Waals surface area contributed by atoms with Crippen molar-refractivity contribution in [2.24, 2.45) is 0 Å². The second-order valence-corrected chi connectivity index (χ2v) is 5.09. The molecule has 0 unspecified atom stereocenters. The van der Waals surface area contributed by atoms with Crippen LogP contribution in [0.5, 0.6) is 0 Å². The molecule has 2 aromatic rings. The van der Waals surface area contributed by atoms with Crippen LogP contribution in [-0.2, 0) is 0 Å². The van der Waals surface area contributed by atoms with Crippen molar-refractivity contribution in [1.82, 2.24) is 4.98 Å². The smallest absolute Gasteiger partial charge is 0.0709 e. The van der Waals surface area contributed by atoms with E-state index in [1.807, 2.05) is 19.1 Å². The molecule has 1 heterocycles. The van der Waals surface area contributed by atoms with Crippen molar-refractivity contribution in [3.8, 4) is 11.3 Å². The number of nitrogens with two attached hydrogens (primary N) is 1. The van der Waals surface area contributed by atoms with Crippen molar-refractivity contribution in [2.75, 3.05) is 5.73 Å². The number of nitrogens with zero attached hydrogens (tertiary/aromatic N) is 1. The number of benzene rings is 1. The number of rotatable bonds is 2. The average Bonchev–Trinajstić information content (AvgIpc) is 2.31. The Morgan fingerprint density at radius 2 is 1.89 bits per heavy atom. The summed E-state index contributed by atoms with van der Waals surface area (Å²) in [5.74, 6) is 0.723. The minimum absolute atomic E-state index is 0.723. The average molecular weight is 238 g/mol. The summed E-state index contributed by atoms with van der Waals surface area (Å²) in [5.41, 5.74) is 11.3. The van der Waals surface area contributed by atoms with Gasteiger partial charge >= 0.3 is 0 Å². The maximum Gasteiger partial charge on any atom is 0.0709 e. The molecule has 1 aromatic heterocycles. The van der Waals surface area contributed by atoms with Crippen molar-refractivity contribution in [1.29, 1.82) is 0 Å². The molecule has 0 amide bonds. The predicted octanol–water partition coefficient (Wildman–Crippen LogP) is 3.91. The van der Waals surface area contributed by atoms with E-state index in [1.54, 1.807) is 0 Å². The Bertz CT molecular complexity index is 571. The highest BCUT2D eigenvalue weighted by atomic mass is 14.7. The molecule has 92 valence electrons. The summed E-state index contributed by atoms with van der Waals surface area (Å²) < 4.78 is 0. The van der Waals surface area contributed by atoms with Gasteiger partial charge in [0.1, 0.15) is 0 Å². The van der Waals surface area contributed by atoms with Crippen molar-refractivity contribution < 1.29 is 0 Å². The van der Waals surface area contributed by atoms with Crippen molar-refractivity contribution in [3.63, 3.8) is 0 Å². The Morgan fingerprint density at radius 3 is 2.56 bits per heavy atom. The number of aromatic nitrogens is 1. The van der Waals surface area contributed by atoms with Gasteiger partial charge in [0.05, 0.1) is 17.1 Å². The van der Waals surface area contributed by atoms with E-state index >= 15 is 0 Å². The minimum atomic E-state index is 0.723. The van der Waals surface area contributed by atoms with Crippen LogP contribution in [0, 0.1) is 6.92 Å². The van der Waals surface area contributed by atoms with Crippen LogP contribution >= 0.6 is 0 Å². The van der Waals surface area contributed by atoms with Crippen LogP contribution in [0.4, 0.5) is 5.69 Å². The molecule has 0 bridgehead atoms. The second kappa shape index (κ2) is 4.45. The summed E-state index contributed by atoms with van der Waals surface area (Å²) in [6.45, 7) is 1.96. The summed E-state index contributed by atoms with van der Waals surface area (Å²) in [6, 6.07) is 12.6. The summed E-state index contributed by atoms with van der Waals surface area (Å²) in [6.07, 6.45) is 3.98. The van der Waals surface area contributed by atoms with Crippen LogP contribution < -0.4 is 5.73 Å². The van der Waals surface area contributed by atoms with Gasteiger partial charge in [0.25, 0.3) is 0 Å². The van der Waals surface area contributed by atoms with Crippen LogP contribution in [0.15, 0.2) is 36.4 Å². The van der Waals surface area contributed by atoms with Crippen LogP contribution in [0.1, 0.15) is 36.4 Å². The number of pyridine rings is 1. The van der Waals surface area contributed by atoms with Gasteiger partial charge in [0.2, 0.25) is 0 Å². The van der Waals surface area contributed by atoms with E-state index in [4.69, 9.17) is 5.73 Å². The van der Waals surface area contributed by atoms with Gasteiger partial charge in [-0.3, -0.25) is 4.98 Å². The van der Waals surface area contributed by atoms with Gasteiger partial charge in [-0.05, 0) is 43.4 Å². The summed E-state index contributed by atoms with van der Waals surface area (Å²) in [5, 5.41) is 0. The van der Waals surface area contributed by atoms with Crippen LogP contribution in [0.25, 0.3) is 11.3 Å². The molecule has 0 spiro atoms. The number of hydrogen-bond donors (Lipinski definition) is 1. The lowest BCUT2D eigenvalue weighted by Crippen LogP contribution is -2.10. The highest BCUT2D eigenvalue weighted by Gasteiger charge is 2.22. The Labute approximate surface area is 108 Å². The Balaban J connectivity index is 2.07. The zero-order chi connectivity index (χ0) is 12.5. The lowest BCUT2D eigenvalue weighted by molar-refractivity contribution is 0.420. The van der Waals surface area contributed by atoms with Crippen molar-refractivity contribution >= 4 is 5.69 Å². The molecule has 2 nitrogen and oxygen atoms in total. The molecule has 1 aromatic carbocycles. The molecule has 0 aliphatic heterocycles. The molecular weight excluding hydrogens is 220 g/mol. The molecule has 1 fully saturated rings. The topological polar surface area (TPSA) is 38.9 Å². The van der Waals surface area contributed by atoms with Gasteiger partial charge in [0, 0.05) is 5.56 Å². The molecule has 3 rings (SSSR count). The second-order valence-electron chi connectivity index (χ2n) is 5.09. The molecule has 1 aliphatic rings. The SMILES string of the molecule is Cc1nc(-c2ccccc2C2CCC2)ccc1N. The largest absolute Gasteiger partial charge is 0.397 e. The lowest BCUT2D eigenvalue weighted by Gasteiger charge is -2.27. The molecule has 0 atom stereocenters. The fourth-order valence-corrected chi connectivity index (χ4v) is 2.53. The van der Waals surface area contributed by atoms with E-state index in [2.05, 4.69) is 29.2 Å². The molecule has 0 radical (unpaired) electrons. The third-order valence-corrected chi connectivity index (χ3v) is 3.91. The number of nitrogen functional groups attached to an aromatic ring is 1.